The number of rotatable bonds is 7. The van der Waals surface area contributed by atoms with Crippen molar-refractivity contribution in [2.45, 2.75) is 17.4 Å². The number of nitrogens with one attached hydrogen (secondary N) is 1. The minimum Gasteiger partial charge on any atom is -0.497 e. The van der Waals surface area contributed by atoms with E-state index in [1.54, 1.807) is 32.4 Å². The molecule has 1 N–H and O–H groups in total. The van der Waals surface area contributed by atoms with Gasteiger partial charge in [0, 0.05) is 7.05 Å². The van der Waals surface area contributed by atoms with Gasteiger partial charge in [0.1, 0.15) is 5.75 Å². The summed E-state index contributed by atoms with van der Waals surface area (Å²) in [6.45, 7) is 0. The van der Waals surface area contributed by atoms with Gasteiger partial charge in [-0.2, -0.15) is 0 Å². The fourth-order valence-electron chi connectivity index (χ4n) is 3.13. The van der Waals surface area contributed by atoms with E-state index in [2.05, 4.69) is 4.72 Å². The first kappa shape index (κ1) is 21.4. The highest BCUT2D eigenvalue weighted by Crippen LogP contribution is 2.26. The molecule has 0 saturated carbocycles. The molecule has 0 aliphatic carbocycles. The SMILES string of the molecule is COc1ccc([C@@H](Cc2ccccc2)N(C)C(=O)NS(=O)(=O)c2ccccc2)cc1. The number of ether oxygens (including phenoxy) is 1. The number of carbonyl (C=O) groups is 1. The topological polar surface area (TPSA) is 75.7 Å². The van der Waals surface area contributed by atoms with Crippen molar-refractivity contribution in [2.75, 3.05) is 14.2 Å². The van der Waals surface area contributed by atoms with E-state index in [1.165, 1.54) is 17.0 Å². The first-order chi connectivity index (χ1) is 14.4. The van der Waals surface area contributed by atoms with Crippen molar-refractivity contribution < 1.29 is 17.9 Å². The Balaban J connectivity index is 1.86. The van der Waals surface area contributed by atoms with E-state index in [0.29, 0.717) is 12.2 Å². The Morgan fingerprint density at radius 1 is 0.933 bits per heavy atom. The maximum absolute atomic E-state index is 12.9. The van der Waals surface area contributed by atoms with Crippen molar-refractivity contribution in [1.82, 2.24) is 9.62 Å². The van der Waals surface area contributed by atoms with Crippen molar-refractivity contribution in [3.63, 3.8) is 0 Å². The van der Waals surface area contributed by atoms with Crippen molar-refractivity contribution >= 4 is 16.1 Å². The molecule has 6 nitrogen and oxygen atoms in total. The highest BCUT2D eigenvalue weighted by Gasteiger charge is 2.26. The van der Waals surface area contributed by atoms with E-state index >= 15 is 0 Å². The molecule has 0 radical (unpaired) electrons. The zero-order chi connectivity index (χ0) is 21.6. The molecule has 156 valence electrons. The average Bonchev–Trinajstić information content (AvgIpc) is 2.78. The lowest BCUT2D eigenvalue weighted by molar-refractivity contribution is 0.196. The summed E-state index contributed by atoms with van der Waals surface area (Å²) in [6, 6.07) is 23.9. The molecule has 0 aliphatic heterocycles. The Hall–Kier alpha value is -3.32. The van der Waals surface area contributed by atoms with Crippen LogP contribution in [0.2, 0.25) is 0 Å². The smallest absolute Gasteiger partial charge is 0.331 e. The Morgan fingerprint density at radius 2 is 1.50 bits per heavy atom. The van der Waals surface area contributed by atoms with Gasteiger partial charge in [-0.15, -0.1) is 0 Å². The molecule has 7 heteroatoms. The third-order valence-electron chi connectivity index (χ3n) is 4.84. The molecule has 0 spiro atoms. The molecule has 1 atom stereocenters. The second-order valence-electron chi connectivity index (χ2n) is 6.81. The molecule has 0 heterocycles. The lowest BCUT2D eigenvalue weighted by atomic mass is 9.98. The first-order valence-corrected chi connectivity index (χ1v) is 10.9. The van der Waals surface area contributed by atoms with Gasteiger partial charge >= 0.3 is 6.03 Å². The van der Waals surface area contributed by atoms with Gasteiger partial charge < -0.3 is 9.64 Å². The fraction of sp³-hybridized carbons (Fsp3) is 0.174. The lowest BCUT2D eigenvalue weighted by Crippen LogP contribution is -2.43. The maximum atomic E-state index is 12.9. The summed E-state index contributed by atoms with van der Waals surface area (Å²) in [6.07, 6.45) is 0.530. The molecule has 3 rings (SSSR count). The molecule has 0 fully saturated rings. The van der Waals surface area contributed by atoms with Gasteiger partial charge in [-0.1, -0.05) is 60.7 Å². The zero-order valence-corrected chi connectivity index (χ0v) is 17.7. The molecule has 0 saturated heterocycles. The van der Waals surface area contributed by atoms with Crippen LogP contribution in [0.5, 0.6) is 5.75 Å². The minimum absolute atomic E-state index is 0.0378. The summed E-state index contributed by atoms with van der Waals surface area (Å²) < 4.78 is 32.5. The van der Waals surface area contributed by atoms with Crippen LogP contribution in [0.15, 0.2) is 89.8 Å². The van der Waals surface area contributed by atoms with Crippen LogP contribution in [0.1, 0.15) is 17.2 Å². The van der Waals surface area contributed by atoms with Gasteiger partial charge in [0.2, 0.25) is 0 Å². The van der Waals surface area contributed by atoms with Crippen LogP contribution in [-0.4, -0.2) is 33.5 Å². The van der Waals surface area contributed by atoms with Gasteiger partial charge in [-0.3, -0.25) is 0 Å². The molecule has 2 amide bonds. The molecule has 3 aromatic rings. The predicted molar refractivity (Wildman–Crippen MR) is 116 cm³/mol. The fourth-order valence-corrected chi connectivity index (χ4v) is 4.14. The predicted octanol–water partition coefficient (Wildman–Crippen LogP) is 4.01. The number of nitrogens with zero attached hydrogens (tertiary/aromatic N) is 1. The Labute approximate surface area is 177 Å². The monoisotopic (exact) mass is 424 g/mol. The number of amides is 2. The summed E-state index contributed by atoms with van der Waals surface area (Å²) in [5.41, 5.74) is 1.90. The second-order valence-corrected chi connectivity index (χ2v) is 8.50. The van der Waals surface area contributed by atoms with E-state index in [1.807, 2.05) is 54.6 Å². The van der Waals surface area contributed by atoms with E-state index in [0.717, 1.165) is 11.1 Å². The van der Waals surface area contributed by atoms with Crippen LogP contribution in [0.25, 0.3) is 0 Å². The lowest BCUT2D eigenvalue weighted by Gasteiger charge is -2.29. The number of carbonyl (C=O) groups excluding carboxylic acids is 1. The highest BCUT2D eigenvalue weighted by atomic mass is 32.2. The summed E-state index contributed by atoms with van der Waals surface area (Å²) in [5.74, 6) is 0.705. The minimum atomic E-state index is -3.96. The number of likely N-dealkylation sites (N-methyl/N-ethyl adjacent to an activating group) is 1. The molecular formula is C23H24N2O4S. The third kappa shape index (κ3) is 5.18. The summed E-state index contributed by atoms with van der Waals surface area (Å²) in [4.78, 5) is 14.3. The van der Waals surface area contributed by atoms with Crippen LogP contribution >= 0.6 is 0 Å². The van der Waals surface area contributed by atoms with Crippen LogP contribution in [-0.2, 0) is 16.4 Å². The van der Waals surface area contributed by atoms with E-state index in [-0.39, 0.29) is 10.9 Å². The molecule has 30 heavy (non-hydrogen) atoms. The molecule has 0 aliphatic rings. The number of urea groups is 1. The molecular weight excluding hydrogens is 400 g/mol. The molecule has 3 aromatic carbocycles. The Bertz CT molecular complexity index is 1070. The van der Waals surface area contributed by atoms with Crippen molar-refractivity contribution in [3.05, 3.63) is 96.1 Å². The van der Waals surface area contributed by atoms with Crippen molar-refractivity contribution in [2.24, 2.45) is 0 Å². The van der Waals surface area contributed by atoms with Crippen LogP contribution < -0.4 is 9.46 Å². The average molecular weight is 425 g/mol. The normalized spacial score (nSPS) is 12.1. The Morgan fingerprint density at radius 3 is 2.07 bits per heavy atom. The number of hydrogen-bond donors (Lipinski definition) is 1. The quantitative estimate of drug-likeness (QED) is 0.622. The van der Waals surface area contributed by atoms with Gasteiger partial charge in [0.15, 0.2) is 0 Å². The van der Waals surface area contributed by atoms with E-state index < -0.39 is 16.1 Å². The number of hydrogen-bond acceptors (Lipinski definition) is 4. The van der Waals surface area contributed by atoms with E-state index in [9.17, 15) is 13.2 Å². The Kier molecular flexibility index (Phi) is 6.74. The van der Waals surface area contributed by atoms with Gasteiger partial charge in [-0.05, 0) is 41.8 Å². The second kappa shape index (κ2) is 9.45. The number of methoxy groups -OCH3 is 1. The number of sulfonamides is 1. The summed E-state index contributed by atoms with van der Waals surface area (Å²) in [7, 11) is -0.786. The van der Waals surface area contributed by atoms with Gasteiger partial charge in [-0.25, -0.2) is 17.9 Å². The van der Waals surface area contributed by atoms with Gasteiger partial charge in [0.25, 0.3) is 10.0 Å². The summed E-state index contributed by atoms with van der Waals surface area (Å²) >= 11 is 0. The van der Waals surface area contributed by atoms with Crippen LogP contribution in [0.3, 0.4) is 0 Å². The van der Waals surface area contributed by atoms with Gasteiger partial charge in [0.05, 0.1) is 18.0 Å². The zero-order valence-electron chi connectivity index (χ0n) is 16.9. The van der Waals surface area contributed by atoms with Crippen molar-refractivity contribution in [1.29, 1.82) is 0 Å². The van der Waals surface area contributed by atoms with Crippen LogP contribution in [0, 0.1) is 0 Å². The standard InChI is InChI=1S/C23H24N2O4S/c1-25(23(26)24-30(27,28)21-11-7-4-8-12-21)22(17-18-9-5-3-6-10-18)19-13-15-20(29-2)16-14-19/h3-16,22H,17H2,1-2H3,(H,24,26)/t22-/m1/s1. The van der Waals surface area contributed by atoms with Crippen molar-refractivity contribution in [3.8, 4) is 5.75 Å². The third-order valence-corrected chi connectivity index (χ3v) is 6.17. The highest BCUT2D eigenvalue weighted by molar-refractivity contribution is 7.90. The number of benzene rings is 3. The summed E-state index contributed by atoms with van der Waals surface area (Å²) in [5, 5.41) is 0. The van der Waals surface area contributed by atoms with E-state index in [4.69, 9.17) is 4.74 Å². The maximum Gasteiger partial charge on any atom is 0.331 e. The molecule has 0 unspecified atom stereocenters. The molecule has 0 bridgehead atoms. The van der Waals surface area contributed by atoms with Crippen LogP contribution in [0.4, 0.5) is 4.79 Å². The molecule has 0 aromatic heterocycles. The first-order valence-electron chi connectivity index (χ1n) is 9.43. The largest absolute Gasteiger partial charge is 0.497 e.